The van der Waals surface area contributed by atoms with Crippen molar-refractivity contribution < 1.29 is 36.9 Å². The van der Waals surface area contributed by atoms with Crippen LogP contribution in [0.4, 0.5) is 13.2 Å². The number of rotatable bonds is 2. The molecule has 1 N–H and O–H groups in total. The van der Waals surface area contributed by atoms with E-state index in [2.05, 4.69) is 10.3 Å². The smallest absolute Gasteiger partial charge is 0.437 e. The molecule has 7 nitrogen and oxygen atoms in total. The predicted molar refractivity (Wildman–Crippen MR) is 90.6 cm³/mol. The molecule has 2 atom stereocenters. The van der Waals surface area contributed by atoms with Gasteiger partial charge in [-0.2, -0.15) is 13.2 Å². The van der Waals surface area contributed by atoms with Gasteiger partial charge in [0.15, 0.2) is 22.8 Å². The third-order valence-electron chi connectivity index (χ3n) is 4.90. The highest BCUT2D eigenvalue weighted by atomic mass is 19.4. The van der Waals surface area contributed by atoms with E-state index >= 15 is 0 Å². The van der Waals surface area contributed by atoms with Gasteiger partial charge in [-0.25, -0.2) is 4.98 Å². The van der Waals surface area contributed by atoms with Gasteiger partial charge in [-0.1, -0.05) is 0 Å². The lowest BCUT2D eigenvalue weighted by molar-refractivity contribution is -0.146. The van der Waals surface area contributed by atoms with Gasteiger partial charge in [0.05, 0.1) is 19.7 Å². The lowest BCUT2D eigenvalue weighted by atomic mass is 9.99. The van der Waals surface area contributed by atoms with Crippen LogP contribution in [-0.4, -0.2) is 50.0 Å². The van der Waals surface area contributed by atoms with Gasteiger partial charge < -0.3 is 24.3 Å². The number of aromatic nitrogens is 1. The Hall–Kier alpha value is -2.75. The zero-order valence-corrected chi connectivity index (χ0v) is 15.1. The number of benzene rings is 1. The van der Waals surface area contributed by atoms with E-state index in [1.165, 1.54) is 26.4 Å². The first-order valence-corrected chi connectivity index (χ1v) is 8.48. The Balaban J connectivity index is 1.81. The average Bonchev–Trinajstić information content (AvgIpc) is 3.08. The molecule has 0 bridgehead atoms. The van der Waals surface area contributed by atoms with Crippen molar-refractivity contribution in [3.8, 4) is 17.2 Å². The molecule has 0 radical (unpaired) electrons. The number of pyridine rings is 1. The van der Waals surface area contributed by atoms with Crippen molar-refractivity contribution >= 4 is 16.9 Å². The molecule has 1 aromatic carbocycles. The number of methoxy groups -OCH3 is 2. The average molecular weight is 398 g/mol. The van der Waals surface area contributed by atoms with Crippen LogP contribution in [0.5, 0.6) is 17.2 Å². The first kappa shape index (κ1) is 18.6. The van der Waals surface area contributed by atoms with Gasteiger partial charge >= 0.3 is 12.1 Å². The minimum absolute atomic E-state index is 0.0197. The molecule has 4 rings (SSSR count). The molecule has 10 heteroatoms. The van der Waals surface area contributed by atoms with E-state index < -0.39 is 35.2 Å². The predicted octanol–water partition coefficient (Wildman–Crippen LogP) is 2.31. The number of esters is 1. The number of hydrogen-bond donors (Lipinski definition) is 1. The molecular weight excluding hydrogens is 381 g/mol. The highest BCUT2D eigenvalue weighted by Gasteiger charge is 2.50. The van der Waals surface area contributed by atoms with Crippen LogP contribution >= 0.6 is 0 Å². The first-order chi connectivity index (χ1) is 13.3. The normalized spacial score (nSPS) is 23.8. The molecule has 2 aromatic rings. The van der Waals surface area contributed by atoms with Crippen LogP contribution in [0.1, 0.15) is 12.1 Å². The fraction of sp³-hybridized carbons (Fsp3) is 0.444. The number of halogens is 3. The minimum atomic E-state index is -4.74. The standard InChI is InChI=1S/C18H17F3N2O5/c1-25-9-3-4-11-10(5-9)13-14(15(23-11)18(19,20)21)28-17(8-27-13)6-12(22-7-17)16(24)26-2/h3-5,12,22H,6-8H2,1-2H3/t12-,17+/m0/s1. The van der Waals surface area contributed by atoms with Crippen LogP contribution in [0.3, 0.4) is 0 Å². The summed E-state index contributed by atoms with van der Waals surface area (Å²) in [6, 6.07) is 3.82. The molecule has 2 aliphatic rings. The summed E-state index contributed by atoms with van der Waals surface area (Å²) in [7, 11) is 2.70. The van der Waals surface area contributed by atoms with Crippen molar-refractivity contribution in [3.05, 3.63) is 23.9 Å². The molecule has 1 aromatic heterocycles. The highest BCUT2D eigenvalue weighted by molar-refractivity contribution is 5.90. The van der Waals surface area contributed by atoms with E-state index in [0.717, 1.165) is 0 Å². The van der Waals surface area contributed by atoms with Gasteiger partial charge in [0, 0.05) is 18.4 Å². The summed E-state index contributed by atoms with van der Waals surface area (Å²) < 4.78 is 62.4. The second kappa shape index (κ2) is 6.40. The van der Waals surface area contributed by atoms with Crippen molar-refractivity contribution in [3.63, 3.8) is 0 Å². The molecule has 1 saturated heterocycles. The molecule has 0 amide bonds. The van der Waals surface area contributed by atoms with Crippen LogP contribution in [0.25, 0.3) is 10.9 Å². The molecule has 28 heavy (non-hydrogen) atoms. The maximum absolute atomic E-state index is 13.7. The Morgan fingerprint density at radius 1 is 1.32 bits per heavy atom. The lowest BCUT2D eigenvalue weighted by Gasteiger charge is -2.36. The zero-order chi connectivity index (χ0) is 20.1. The summed E-state index contributed by atoms with van der Waals surface area (Å²) in [5.74, 6) is -0.577. The molecule has 150 valence electrons. The van der Waals surface area contributed by atoms with Crippen LogP contribution in [0.15, 0.2) is 18.2 Å². The third kappa shape index (κ3) is 2.97. The van der Waals surface area contributed by atoms with Gasteiger partial charge in [0.1, 0.15) is 18.4 Å². The molecule has 3 heterocycles. The number of nitrogens with one attached hydrogen (secondary N) is 1. The van der Waals surface area contributed by atoms with Crippen LogP contribution < -0.4 is 19.5 Å². The third-order valence-corrected chi connectivity index (χ3v) is 4.90. The summed E-state index contributed by atoms with van der Waals surface area (Å²) in [6.07, 6.45) is -4.62. The molecule has 1 fully saturated rings. The number of fused-ring (bicyclic) bond motifs is 3. The molecule has 2 aliphatic heterocycles. The lowest BCUT2D eigenvalue weighted by Crippen LogP contribution is -2.47. The fourth-order valence-corrected chi connectivity index (χ4v) is 3.52. The molecule has 0 unspecified atom stereocenters. The van der Waals surface area contributed by atoms with E-state index in [4.69, 9.17) is 18.9 Å². The fourth-order valence-electron chi connectivity index (χ4n) is 3.52. The van der Waals surface area contributed by atoms with Crippen LogP contribution in [0.2, 0.25) is 0 Å². The summed E-state index contributed by atoms with van der Waals surface area (Å²) >= 11 is 0. The van der Waals surface area contributed by atoms with Crippen molar-refractivity contribution in [2.45, 2.75) is 24.2 Å². The molecule has 1 spiro atoms. The topological polar surface area (TPSA) is 78.9 Å². The van der Waals surface area contributed by atoms with Crippen molar-refractivity contribution in [2.24, 2.45) is 0 Å². The van der Waals surface area contributed by atoms with Gasteiger partial charge in [-0.05, 0) is 18.2 Å². The highest BCUT2D eigenvalue weighted by Crippen LogP contribution is 2.49. The maximum Gasteiger partial charge on any atom is 0.437 e. The monoisotopic (exact) mass is 398 g/mol. The molecular formula is C18H17F3N2O5. The SMILES string of the molecule is COC(=O)[C@@H]1C[C@@]2(CN1)COc1c(c(C(F)(F)F)nc3ccc(OC)cc13)O2. The van der Waals surface area contributed by atoms with E-state index in [-0.39, 0.29) is 30.8 Å². The van der Waals surface area contributed by atoms with Gasteiger partial charge in [0.2, 0.25) is 0 Å². The van der Waals surface area contributed by atoms with Crippen molar-refractivity contribution in [1.82, 2.24) is 10.3 Å². The number of carbonyl (C=O) groups is 1. The second-order valence-corrected chi connectivity index (χ2v) is 6.73. The Morgan fingerprint density at radius 3 is 2.79 bits per heavy atom. The largest absolute Gasteiger partial charge is 0.497 e. The Morgan fingerprint density at radius 2 is 2.11 bits per heavy atom. The summed E-state index contributed by atoms with van der Waals surface area (Å²) in [4.78, 5) is 15.5. The summed E-state index contributed by atoms with van der Waals surface area (Å²) in [6.45, 7) is 0.119. The van der Waals surface area contributed by atoms with Gasteiger partial charge in [-0.15, -0.1) is 0 Å². The zero-order valence-electron chi connectivity index (χ0n) is 15.1. The number of hydrogen-bond acceptors (Lipinski definition) is 7. The number of ether oxygens (including phenoxy) is 4. The minimum Gasteiger partial charge on any atom is -0.497 e. The molecule has 0 saturated carbocycles. The Bertz CT molecular complexity index is 949. The second-order valence-electron chi connectivity index (χ2n) is 6.73. The summed E-state index contributed by atoms with van der Waals surface area (Å²) in [5, 5.41) is 3.27. The number of nitrogens with zero attached hydrogens (tertiary/aromatic N) is 1. The van der Waals surface area contributed by atoms with Crippen LogP contribution in [-0.2, 0) is 15.7 Å². The first-order valence-electron chi connectivity index (χ1n) is 8.48. The Labute approximate surface area is 157 Å². The van der Waals surface area contributed by atoms with Crippen molar-refractivity contribution in [2.75, 3.05) is 27.4 Å². The van der Waals surface area contributed by atoms with E-state index in [1.807, 2.05) is 0 Å². The maximum atomic E-state index is 13.7. The van der Waals surface area contributed by atoms with E-state index in [0.29, 0.717) is 11.1 Å². The number of alkyl halides is 3. The van der Waals surface area contributed by atoms with E-state index in [1.54, 1.807) is 6.07 Å². The van der Waals surface area contributed by atoms with E-state index in [9.17, 15) is 18.0 Å². The van der Waals surface area contributed by atoms with Gasteiger partial charge in [-0.3, -0.25) is 4.79 Å². The van der Waals surface area contributed by atoms with Crippen LogP contribution in [0, 0.1) is 0 Å². The summed E-state index contributed by atoms with van der Waals surface area (Å²) in [5.41, 5.74) is -2.18. The number of carbonyl (C=O) groups excluding carboxylic acids is 1. The van der Waals surface area contributed by atoms with Gasteiger partial charge in [0.25, 0.3) is 0 Å². The van der Waals surface area contributed by atoms with Crippen molar-refractivity contribution in [1.29, 1.82) is 0 Å². The molecule has 0 aliphatic carbocycles. The Kier molecular flexibility index (Phi) is 4.25. The quantitative estimate of drug-likeness (QED) is 0.778.